The molecule has 1 rings (SSSR count). The molecule has 0 aliphatic heterocycles. The average Bonchev–Trinajstić information content (AvgIpc) is 2.36. The van der Waals surface area contributed by atoms with E-state index in [0.717, 1.165) is 5.57 Å². The Bertz CT molecular complexity index is 531. The van der Waals surface area contributed by atoms with E-state index in [1.54, 1.807) is 6.92 Å². The summed E-state index contributed by atoms with van der Waals surface area (Å²) in [6.45, 7) is 20.9. The van der Waals surface area contributed by atoms with Crippen LogP contribution in [0.15, 0.2) is 23.5 Å². The normalized spacial score (nSPS) is 21.9. The smallest absolute Gasteiger partial charge is 0.310 e. The van der Waals surface area contributed by atoms with Crippen molar-refractivity contribution in [1.82, 2.24) is 0 Å². The Morgan fingerprint density at radius 2 is 1.54 bits per heavy atom. The van der Waals surface area contributed by atoms with Gasteiger partial charge in [0.05, 0.1) is 6.10 Å². The number of aliphatic hydroxyl groups is 1. The standard InChI is InChI=1S/C21H36O3/c1-11-16(22)24-14-12-15(18(2,3)4)17(23)21(13-14,19(5,6)7)20(8,9)10/h12-13,17,23H,11H2,1-10H3. The number of carbonyl (C=O) groups is 1. The maximum atomic E-state index is 11.9. The molecule has 3 nitrogen and oxygen atoms in total. The van der Waals surface area contributed by atoms with Gasteiger partial charge in [-0.25, -0.2) is 0 Å². The molecule has 1 N–H and O–H groups in total. The van der Waals surface area contributed by atoms with Crippen molar-refractivity contribution in [2.75, 3.05) is 0 Å². The summed E-state index contributed by atoms with van der Waals surface area (Å²) < 4.78 is 5.59. The fourth-order valence-electron chi connectivity index (χ4n) is 4.09. The highest BCUT2D eigenvalue weighted by Crippen LogP contribution is 2.59. The maximum Gasteiger partial charge on any atom is 0.310 e. The number of carbonyl (C=O) groups excluding carboxylic acids is 1. The van der Waals surface area contributed by atoms with E-state index in [9.17, 15) is 9.90 Å². The van der Waals surface area contributed by atoms with Crippen LogP contribution in [0.25, 0.3) is 0 Å². The molecule has 0 saturated heterocycles. The molecule has 0 aromatic rings. The van der Waals surface area contributed by atoms with Crippen molar-refractivity contribution in [3.63, 3.8) is 0 Å². The van der Waals surface area contributed by atoms with Crippen LogP contribution in [0.5, 0.6) is 0 Å². The van der Waals surface area contributed by atoms with Crippen LogP contribution in [0.4, 0.5) is 0 Å². The van der Waals surface area contributed by atoms with Crippen LogP contribution in [0.1, 0.15) is 75.7 Å². The summed E-state index contributed by atoms with van der Waals surface area (Å²) in [6.07, 6.45) is 3.53. The molecule has 1 atom stereocenters. The van der Waals surface area contributed by atoms with E-state index in [2.05, 4.69) is 62.3 Å². The Balaban J connectivity index is 3.69. The molecule has 0 aromatic heterocycles. The molecule has 0 radical (unpaired) electrons. The van der Waals surface area contributed by atoms with E-state index in [-0.39, 0.29) is 22.2 Å². The topological polar surface area (TPSA) is 46.5 Å². The third-order valence-corrected chi connectivity index (χ3v) is 5.26. The van der Waals surface area contributed by atoms with E-state index >= 15 is 0 Å². The Morgan fingerprint density at radius 3 is 1.88 bits per heavy atom. The third kappa shape index (κ3) is 3.61. The molecule has 0 heterocycles. The number of aliphatic hydroxyl groups excluding tert-OH is 1. The highest BCUT2D eigenvalue weighted by Gasteiger charge is 2.57. The SMILES string of the molecule is CCC(=O)OC1=CC(C(C)(C)C)(C(C)(C)C)C(O)C(C(C)(C)C)=C1. The molecular weight excluding hydrogens is 300 g/mol. The second-order valence-corrected chi connectivity index (χ2v) is 10.00. The van der Waals surface area contributed by atoms with Crippen LogP contribution < -0.4 is 0 Å². The minimum atomic E-state index is -0.637. The zero-order valence-corrected chi connectivity index (χ0v) is 17.2. The van der Waals surface area contributed by atoms with Gasteiger partial charge >= 0.3 is 5.97 Å². The van der Waals surface area contributed by atoms with Gasteiger partial charge in [0.2, 0.25) is 0 Å². The lowest BCUT2D eigenvalue weighted by Gasteiger charge is -2.57. The van der Waals surface area contributed by atoms with Gasteiger partial charge in [0.15, 0.2) is 0 Å². The van der Waals surface area contributed by atoms with E-state index in [4.69, 9.17) is 4.74 Å². The summed E-state index contributed by atoms with van der Waals surface area (Å²) in [7, 11) is 0. The van der Waals surface area contributed by atoms with Crippen LogP contribution >= 0.6 is 0 Å². The van der Waals surface area contributed by atoms with Crippen molar-refractivity contribution in [1.29, 1.82) is 0 Å². The third-order valence-electron chi connectivity index (χ3n) is 5.26. The first kappa shape index (κ1) is 21.0. The van der Waals surface area contributed by atoms with Crippen LogP contribution in [0.2, 0.25) is 0 Å². The molecule has 3 heteroatoms. The molecule has 1 aliphatic carbocycles. The molecule has 0 aromatic carbocycles. The van der Waals surface area contributed by atoms with Crippen molar-refractivity contribution in [2.24, 2.45) is 21.7 Å². The van der Waals surface area contributed by atoms with Crippen molar-refractivity contribution in [3.05, 3.63) is 23.5 Å². The summed E-state index contributed by atoms with van der Waals surface area (Å²) in [4.78, 5) is 11.9. The molecule has 0 fully saturated rings. The zero-order chi connectivity index (χ0) is 19.1. The summed E-state index contributed by atoms with van der Waals surface area (Å²) in [5.41, 5.74) is -0.313. The summed E-state index contributed by atoms with van der Waals surface area (Å²) >= 11 is 0. The highest BCUT2D eigenvalue weighted by molar-refractivity contribution is 5.70. The van der Waals surface area contributed by atoms with Crippen molar-refractivity contribution in [3.8, 4) is 0 Å². The average molecular weight is 337 g/mol. The second kappa shape index (κ2) is 6.33. The fourth-order valence-corrected chi connectivity index (χ4v) is 4.09. The summed E-state index contributed by atoms with van der Waals surface area (Å²) in [6, 6.07) is 0. The first-order chi connectivity index (χ1) is 10.6. The Labute approximate surface area is 148 Å². The van der Waals surface area contributed by atoms with Crippen molar-refractivity contribution >= 4 is 5.97 Å². The molecule has 1 unspecified atom stereocenters. The minimum absolute atomic E-state index is 0.223. The molecule has 0 spiro atoms. The fraction of sp³-hybridized carbons (Fsp3) is 0.762. The number of ether oxygens (including phenoxy) is 1. The van der Waals surface area contributed by atoms with Crippen molar-refractivity contribution in [2.45, 2.75) is 81.8 Å². The second-order valence-electron chi connectivity index (χ2n) is 10.00. The predicted octanol–water partition coefficient (Wildman–Crippen LogP) is 5.25. The monoisotopic (exact) mass is 336 g/mol. The van der Waals surface area contributed by atoms with Gasteiger partial charge in [0.25, 0.3) is 0 Å². The van der Waals surface area contributed by atoms with E-state index in [1.165, 1.54) is 0 Å². The summed E-state index contributed by atoms with van der Waals surface area (Å²) in [5.74, 6) is 0.306. The Morgan fingerprint density at radius 1 is 1.08 bits per heavy atom. The largest absolute Gasteiger partial charge is 0.427 e. The van der Waals surface area contributed by atoms with E-state index < -0.39 is 11.5 Å². The van der Waals surface area contributed by atoms with Gasteiger partial charge < -0.3 is 9.84 Å². The van der Waals surface area contributed by atoms with Crippen LogP contribution in [0, 0.1) is 21.7 Å². The molecular formula is C21H36O3. The van der Waals surface area contributed by atoms with Gasteiger partial charge in [0, 0.05) is 11.8 Å². The zero-order valence-electron chi connectivity index (χ0n) is 17.2. The number of hydrogen-bond donors (Lipinski definition) is 1. The lowest BCUT2D eigenvalue weighted by atomic mass is 9.48. The Kier molecular flexibility index (Phi) is 5.52. The maximum absolute atomic E-state index is 11.9. The minimum Gasteiger partial charge on any atom is -0.427 e. The van der Waals surface area contributed by atoms with Gasteiger partial charge in [-0.15, -0.1) is 0 Å². The molecule has 0 amide bonds. The van der Waals surface area contributed by atoms with Gasteiger partial charge in [-0.2, -0.15) is 0 Å². The van der Waals surface area contributed by atoms with Gasteiger partial charge in [-0.1, -0.05) is 69.2 Å². The highest BCUT2D eigenvalue weighted by atomic mass is 16.5. The van der Waals surface area contributed by atoms with Gasteiger partial charge in [0.1, 0.15) is 5.76 Å². The first-order valence-corrected chi connectivity index (χ1v) is 8.91. The van der Waals surface area contributed by atoms with E-state index in [1.807, 2.05) is 12.2 Å². The number of allylic oxidation sites excluding steroid dienone is 1. The van der Waals surface area contributed by atoms with Gasteiger partial charge in [-0.3, -0.25) is 4.79 Å². The number of rotatable bonds is 2. The molecule has 1 aliphatic rings. The van der Waals surface area contributed by atoms with Gasteiger partial charge in [-0.05, 0) is 34.0 Å². The predicted molar refractivity (Wildman–Crippen MR) is 99.4 cm³/mol. The van der Waals surface area contributed by atoms with Crippen LogP contribution in [-0.2, 0) is 9.53 Å². The van der Waals surface area contributed by atoms with Crippen molar-refractivity contribution < 1.29 is 14.6 Å². The molecule has 0 bridgehead atoms. The van der Waals surface area contributed by atoms with Crippen LogP contribution in [0.3, 0.4) is 0 Å². The lowest BCUT2D eigenvalue weighted by Crippen LogP contribution is -2.56. The van der Waals surface area contributed by atoms with Crippen LogP contribution in [-0.4, -0.2) is 17.2 Å². The molecule has 138 valence electrons. The first-order valence-electron chi connectivity index (χ1n) is 8.91. The molecule has 0 saturated carbocycles. The number of hydrogen-bond acceptors (Lipinski definition) is 3. The lowest BCUT2D eigenvalue weighted by molar-refractivity contribution is -0.139. The number of esters is 1. The van der Waals surface area contributed by atoms with E-state index in [0.29, 0.717) is 12.2 Å². The molecule has 24 heavy (non-hydrogen) atoms. The quantitative estimate of drug-likeness (QED) is 0.701. The summed E-state index contributed by atoms with van der Waals surface area (Å²) in [5, 5.41) is 11.4. The Hall–Kier alpha value is -1.09.